The van der Waals surface area contributed by atoms with Crippen molar-refractivity contribution in [3.63, 3.8) is 0 Å². The fourth-order valence-electron chi connectivity index (χ4n) is 1.63. The van der Waals surface area contributed by atoms with Gasteiger partial charge in [-0.2, -0.15) is 0 Å². The molecule has 0 amide bonds. The van der Waals surface area contributed by atoms with Gasteiger partial charge < -0.3 is 5.73 Å². The van der Waals surface area contributed by atoms with Gasteiger partial charge in [0.1, 0.15) is 0 Å². The average Bonchev–Trinajstić information content (AvgIpc) is 2.35. The zero-order valence-corrected chi connectivity index (χ0v) is 8.86. The third-order valence-electron chi connectivity index (χ3n) is 2.49. The second-order valence-corrected chi connectivity index (χ2v) is 3.68. The lowest BCUT2D eigenvalue weighted by molar-refractivity contribution is 0.699. The molecule has 1 aromatic carbocycles. The first kappa shape index (κ1) is 10.8. The molecular formula is C13H13FN2. The van der Waals surface area contributed by atoms with Crippen LogP contribution in [0.4, 0.5) is 4.39 Å². The Morgan fingerprint density at radius 3 is 2.94 bits per heavy atom. The normalized spacial score (nSPS) is 12.0. The van der Waals surface area contributed by atoms with Gasteiger partial charge in [0.15, 0.2) is 0 Å². The molecule has 0 radical (unpaired) electrons. The van der Waals surface area contributed by atoms with Gasteiger partial charge in [-0.1, -0.05) is 18.2 Å². The van der Waals surface area contributed by atoms with Gasteiger partial charge in [-0.15, -0.1) is 0 Å². The van der Waals surface area contributed by atoms with E-state index in [0.717, 1.165) is 16.5 Å². The molecule has 0 atom stereocenters. The summed E-state index contributed by atoms with van der Waals surface area (Å²) in [6, 6.07) is 9.87. The highest BCUT2D eigenvalue weighted by molar-refractivity contribution is 5.78. The largest absolute Gasteiger partial charge is 0.327 e. The van der Waals surface area contributed by atoms with Crippen molar-refractivity contribution in [1.82, 2.24) is 4.98 Å². The Bertz CT molecular complexity index is 520. The quantitative estimate of drug-likeness (QED) is 0.856. The lowest BCUT2D eigenvalue weighted by atomic mass is 10.1. The molecule has 0 aliphatic carbocycles. The number of aromatic nitrogens is 1. The average molecular weight is 216 g/mol. The molecule has 2 N–H and O–H groups in total. The Hall–Kier alpha value is -1.74. The van der Waals surface area contributed by atoms with Gasteiger partial charge in [-0.25, -0.2) is 4.39 Å². The summed E-state index contributed by atoms with van der Waals surface area (Å²) in [7, 11) is 0. The third-order valence-corrected chi connectivity index (χ3v) is 2.49. The molecule has 16 heavy (non-hydrogen) atoms. The third kappa shape index (κ3) is 2.25. The van der Waals surface area contributed by atoms with Crippen molar-refractivity contribution in [2.24, 2.45) is 5.73 Å². The zero-order chi connectivity index (χ0) is 11.4. The van der Waals surface area contributed by atoms with Gasteiger partial charge in [0.25, 0.3) is 0 Å². The summed E-state index contributed by atoms with van der Waals surface area (Å²) in [6.45, 7) is 0.239. The molecule has 0 bridgehead atoms. The first-order chi connectivity index (χ1) is 7.83. The molecule has 82 valence electrons. The monoisotopic (exact) mass is 216 g/mol. The Morgan fingerprint density at radius 1 is 1.38 bits per heavy atom. The fourth-order valence-corrected chi connectivity index (χ4v) is 1.63. The second-order valence-electron chi connectivity index (χ2n) is 3.68. The van der Waals surface area contributed by atoms with Crippen LogP contribution in [-0.4, -0.2) is 11.5 Å². The van der Waals surface area contributed by atoms with Crippen LogP contribution < -0.4 is 5.73 Å². The summed E-state index contributed by atoms with van der Waals surface area (Å²) in [4.78, 5) is 4.31. The van der Waals surface area contributed by atoms with Gasteiger partial charge in [0.05, 0.1) is 11.8 Å². The molecular weight excluding hydrogens is 203 g/mol. The zero-order valence-electron chi connectivity index (χ0n) is 8.86. The Labute approximate surface area is 93.6 Å². The van der Waals surface area contributed by atoms with Crippen LogP contribution >= 0.6 is 0 Å². The SMILES string of the molecule is NC/C(=C\F)Cc1cnc2ccccc2c1. The lowest BCUT2D eigenvalue weighted by Gasteiger charge is -2.04. The lowest BCUT2D eigenvalue weighted by Crippen LogP contribution is -2.05. The highest BCUT2D eigenvalue weighted by Gasteiger charge is 2.00. The number of rotatable bonds is 3. The minimum Gasteiger partial charge on any atom is -0.327 e. The Kier molecular flexibility index (Phi) is 3.27. The number of nitrogens with two attached hydrogens (primary N) is 1. The Morgan fingerprint density at radius 2 is 2.19 bits per heavy atom. The number of para-hydroxylation sites is 1. The number of hydrogen-bond donors (Lipinski definition) is 1. The maximum absolute atomic E-state index is 12.4. The van der Waals surface area contributed by atoms with Gasteiger partial charge in [-0.3, -0.25) is 4.98 Å². The second kappa shape index (κ2) is 4.86. The van der Waals surface area contributed by atoms with Crippen LogP contribution in [0.2, 0.25) is 0 Å². The van der Waals surface area contributed by atoms with Crippen molar-refractivity contribution in [3.05, 3.63) is 54.0 Å². The maximum Gasteiger partial charge on any atom is 0.0875 e. The molecule has 0 aliphatic heterocycles. The summed E-state index contributed by atoms with van der Waals surface area (Å²) in [6.07, 6.45) is 2.86. The highest BCUT2D eigenvalue weighted by atomic mass is 19.1. The molecule has 2 nitrogen and oxygen atoms in total. The van der Waals surface area contributed by atoms with E-state index in [-0.39, 0.29) is 6.54 Å². The summed E-state index contributed by atoms with van der Waals surface area (Å²) in [5, 5.41) is 1.07. The van der Waals surface area contributed by atoms with E-state index in [9.17, 15) is 4.39 Å². The maximum atomic E-state index is 12.4. The standard InChI is InChI=1S/C13H13FN2/c14-7-11(8-15)5-10-6-12-3-1-2-4-13(12)16-9-10/h1-4,6-7,9H,5,8,15H2/b11-7-. The number of benzene rings is 1. The van der Waals surface area contributed by atoms with Crippen LogP contribution in [0.25, 0.3) is 10.9 Å². The molecule has 0 saturated carbocycles. The van der Waals surface area contributed by atoms with E-state index in [1.807, 2.05) is 30.3 Å². The van der Waals surface area contributed by atoms with Crippen LogP contribution in [0.3, 0.4) is 0 Å². The predicted molar refractivity (Wildman–Crippen MR) is 63.7 cm³/mol. The molecule has 1 aromatic heterocycles. The van der Waals surface area contributed by atoms with Crippen molar-refractivity contribution in [2.45, 2.75) is 6.42 Å². The topological polar surface area (TPSA) is 38.9 Å². The van der Waals surface area contributed by atoms with Crippen molar-refractivity contribution in [1.29, 1.82) is 0 Å². The predicted octanol–water partition coefficient (Wildman–Crippen LogP) is 2.59. The van der Waals surface area contributed by atoms with E-state index >= 15 is 0 Å². The van der Waals surface area contributed by atoms with Crippen molar-refractivity contribution in [2.75, 3.05) is 6.54 Å². The molecule has 0 saturated heterocycles. The van der Waals surface area contributed by atoms with Crippen molar-refractivity contribution < 1.29 is 4.39 Å². The number of fused-ring (bicyclic) bond motifs is 1. The van der Waals surface area contributed by atoms with E-state index in [2.05, 4.69) is 4.98 Å². The minimum atomic E-state index is 0.239. The van der Waals surface area contributed by atoms with E-state index in [4.69, 9.17) is 5.73 Å². The highest BCUT2D eigenvalue weighted by Crippen LogP contribution is 2.15. The summed E-state index contributed by atoms with van der Waals surface area (Å²) in [5.41, 5.74) is 7.92. The molecule has 0 aliphatic rings. The number of hydrogen-bond acceptors (Lipinski definition) is 2. The summed E-state index contributed by atoms with van der Waals surface area (Å²) in [5.74, 6) is 0. The molecule has 3 heteroatoms. The molecule has 2 rings (SSSR count). The van der Waals surface area contributed by atoms with E-state index < -0.39 is 0 Å². The van der Waals surface area contributed by atoms with E-state index in [1.165, 1.54) is 0 Å². The van der Waals surface area contributed by atoms with Gasteiger partial charge >= 0.3 is 0 Å². The van der Waals surface area contributed by atoms with Crippen LogP contribution in [-0.2, 0) is 6.42 Å². The van der Waals surface area contributed by atoms with E-state index in [1.54, 1.807) is 6.20 Å². The molecule has 0 spiro atoms. The summed E-state index contributed by atoms with van der Waals surface area (Å²) < 4.78 is 12.4. The number of halogens is 1. The number of nitrogens with zero attached hydrogens (tertiary/aromatic N) is 1. The smallest absolute Gasteiger partial charge is 0.0875 e. The van der Waals surface area contributed by atoms with Crippen LogP contribution in [0.5, 0.6) is 0 Å². The van der Waals surface area contributed by atoms with Crippen molar-refractivity contribution in [3.8, 4) is 0 Å². The van der Waals surface area contributed by atoms with E-state index in [0.29, 0.717) is 18.3 Å². The Balaban J connectivity index is 2.32. The minimum absolute atomic E-state index is 0.239. The first-order valence-corrected chi connectivity index (χ1v) is 5.15. The first-order valence-electron chi connectivity index (χ1n) is 5.15. The number of pyridine rings is 1. The van der Waals surface area contributed by atoms with Gasteiger partial charge in [0.2, 0.25) is 0 Å². The fraction of sp³-hybridized carbons (Fsp3) is 0.154. The van der Waals surface area contributed by atoms with Crippen LogP contribution in [0.15, 0.2) is 48.4 Å². The molecule has 0 unspecified atom stereocenters. The molecule has 2 aromatic rings. The van der Waals surface area contributed by atoms with Gasteiger partial charge in [-0.05, 0) is 29.7 Å². The van der Waals surface area contributed by atoms with Crippen LogP contribution in [0, 0.1) is 0 Å². The van der Waals surface area contributed by atoms with Crippen molar-refractivity contribution >= 4 is 10.9 Å². The molecule has 1 heterocycles. The summed E-state index contributed by atoms with van der Waals surface area (Å²) >= 11 is 0. The van der Waals surface area contributed by atoms with Crippen LogP contribution in [0.1, 0.15) is 5.56 Å². The molecule has 0 fully saturated rings. The van der Waals surface area contributed by atoms with Gasteiger partial charge in [0, 0.05) is 18.1 Å².